The van der Waals surface area contributed by atoms with Crippen molar-refractivity contribution in [2.45, 2.75) is 103 Å². The van der Waals surface area contributed by atoms with E-state index in [0.717, 1.165) is 79.5 Å². The molecule has 1 N–H and O–H groups in total. The molecule has 0 amide bonds. The standard InChI is InChI=1S/C28H40N6O2/c1-4-9-25(27-30-31-32-34(27)23-10-6-5-7-11-23)33(18-24-12-8-13-36-24)17-22-16-21-15-19(2)14-20(3)26(21)29-28(22)35/h14-16,23-25H,4-13,17-18H2,1-3H3,(H,29,35)/t24-,25+/m0/s1. The van der Waals surface area contributed by atoms with Gasteiger partial charge in [0.15, 0.2) is 5.82 Å². The second-order valence-corrected chi connectivity index (χ2v) is 10.8. The third-order valence-corrected chi connectivity index (χ3v) is 7.95. The number of hydrogen-bond donors (Lipinski definition) is 1. The molecule has 0 bridgehead atoms. The Hall–Kier alpha value is -2.58. The summed E-state index contributed by atoms with van der Waals surface area (Å²) in [5.41, 5.74) is 3.98. The molecule has 2 fully saturated rings. The predicted molar refractivity (Wildman–Crippen MR) is 141 cm³/mol. The molecule has 0 radical (unpaired) electrons. The lowest BCUT2D eigenvalue weighted by molar-refractivity contribution is 0.0468. The minimum absolute atomic E-state index is 0.0195. The number of pyridine rings is 1. The number of aromatic amines is 1. The minimum atomic E-state index is -0.0195. The van der Waals surface area contributed by atoms with Gasteiger partial charge in [0.05, 0.1) is 23.7 Å². The molecule has 2 aliphatic rings. The maximum absolute atomic E-state index is 13.3. The van der Waals surface area contributed by atoms with E-state index in [9.17, 15) is 4.79 Å². The summed E-state index contributed by atoms with van der Waals surface area (Å²) in [6.45, 7) is 8.49. The fraction of sp³-hybridized carbons (Fsp3) is 0.643. The molecule has 1 aliphatic heterocycles. The molecule has 1 aliphatic carbocycles. The molecule has 5 rings (SSSR count). The molecule has 0 unspecified atom stereocenters. The number of aryl methyl sites for hydroxylation is 2. The lowest BCUT2D eigenvalue weighted by Gasteiger charge is -2.33. The normalized spacial score (nSPS) is 19.9. The number of benzene rings is 1. The second-order valence-electron chi connectivity index (χ2n) is 10.8. The fourth-order valence-electron chi connectivity index (χ4n) is 6.17. The van der Waals surface area contributed by atoms with Crippen LogP contribution in [0.4, 0.5) is 0 Å². The predicted octanol–water partition coefficient (Wildman–Crippen LogP) is 5.16. The van der Waals surface area contributed by atoms with Gasteiger partial charge in [-0.1, -0.05) is 44.2 Å². The Labute approximate surface area is 213 Å². The number of nitrogens with zero attached hydrogens (tertiary/aromatic N) is 5. The van der Waals surface area contributed by atoms with Crippen LogP contribution in [0.2, 0.25) is 0 Å². The van der Waals surface area contributed by atoms with E-state index in [0.29, 0.717) is 12.6 Å². The van der Waals surface area contributed by atoms with Crippen molar-refractivity contribution < 1.29 is 4.74 Å². The van der Waals surface area contributed by atoms with Gasteiger partial charge in [0.25, 0.3) is 5.56 Å². The van der Waals surface area contributed by atoms with Gasteiger partial charge in [-0.05, 0) is 79.5 Å². The zero-order valence-corrected chi connectivity index (χ0v) is 22.0. The Morgan fingerprint density at radius 2 is 1.97 bits per heavy atom. The Morgan fingerprint density at radius 3 is 2.72 bits per heavy atom. The molecule has 3 aromatic rings. The molecule has 1 aromatic carbocycles. The largest absolute Gasteiger partial charge is 0.377 e. The van der Waals surface area contributed by atoms with Crippen molar-refractivity contribution in [3.8, 4) is 0 Å². The van der Waals surface area contributed by atoms with Crippen LogP contribution in [0.15, 0.2) is 23.0 Å². The minimum Gasteiger partial charge on any atom is -0.377 e. The lowest BCUT2D eigenvalue weighted by atomic mass is 9.95. The maximum Gasteiger partial charge on any atom is 0.252 e. The van der Waals surface area contributed by atoms with Crippen LogP contribution in [0, 0.1) is 13.8 Å². The van der Waals surface area contributed by atoms with Crippen molar-refractivity contribution in [3.63, 3.8) is 0 Å². The topological polar surface area (TPSA) is 88.9 Å². The van der Waals surface area contributed by atoms with Crippen LogP contribution < -0.4 is 5.56 Å². The van der Waals surface area contributed by atoms with Gasteiger partial charge < -0.3 is 9.72 Å². The summed E-state index contributed by atoms with van der Waals surface area (Å²) < 4.78 is 8.16. The van der Waals surface area contributed by atoms with E-state index in [2.05, 4.69) is 69.1 Å². The maximum atomic E-state index is 13.3. The van der Waals surface area contributed by atoms with Gasteiger partial charge in [0, 0.05) is 25.3 Å². The fourth-order valence-corrected chi connectivity index (χ4v) is 6.17. The summed E-state index contributed by atoms with van der Waals surface area (Å²) in [4.78, 5) is 18.8. The summed E-state index contributed by atoms with van der Waals surface area (Å²) in [5.74, 6) is 0.936. The zero-order chi connectivity index (χ0) is 25.1. The van der Waals surface area contributed by atoms with Crippen molar-refractivity contribution >= 4 is 10.9 Å². The molecule has 2 aromatic heterocycles. The summed E-state index contributed by atoms with van der Waals surface area (Å²) in [7, 11) is 0. The summed E-state index contributed by atoms with van der Waals surface area (Å²) >= 11 is 0. The average Bonchev–Trinajstić information content (AvgIpc) is 3.56. The molecule has 1 saturated heterocycles. The van der Waals surface area contributed by atoms with Crippen LogP contribution in [-0.4, -0.2) is 49.3 Å². The second kappa shape index (κ2) is 11.2. The van der Waals surface area contributed by atoms with Gasteiger partial charge >= 0.3 is 0 Å². The van der Waals surface area contributed by atoms with E-state index in [1.807, 2.05) is 0 Å². The Balaban J connectivity index is 1.51. The van der Waals surface area contributed by atoms with Crippen LogP contribution in [0.5, 0.6) is 0 Å². The van der Waals surface area contributed by atoms with E-state index < -0.39 is 0 Å². The highest BCUT2D eigenvalue weighted by Gasteiger charge is 2.32. The van der Waals surface area contributed by atoms with Crippen LogP contribution in [0.1, 0.15) is 99.3 Å². The third kappa shape index (κ3) is 5.39. The molecule has 8 nitrogen and oxygen atoms in total. The van der Waals surface area contributed by atoms with E-state index in [1.54, 1.807) is 0 Å². The number of fused-ring (bicyclic) bond motifs is 1. The smallest absolute Gasteiger partial charge is 0.252 e. The summed E-state index contributed by atoms with van der Waals surface area (Å²) in [5, 5.41) is 14.3. The first-order chi connectivity index (χ1) is 17.5. The van der Waals surface area contributed by atoms with Gasteiger partial charge in [-0.3, -0.25) is 9.69 Å². The van der Waals surface area contributed by atoms with Crippen LogP contribution in [0.3, 0.4) is 0 Å². The van der Waals surface area contributed by atoms with Gasteiger partial charge in [-0.2, -0.15) is 0 Å². The van der Waals surface area contributed by atoms with E-state index >= 15 is 0 Å². The highest BCUT2D eigenvalue weighted by atomic mass is 16.5. The number of ether oxygens (including phenoxy) is 1. The number of tetrazole rings is 1. The number of H-pyrrole nitrogens is 1. The number of aromatic nitrogens is 5. The highest BCUT2D eigenvalue weighted by Crippen LogP contribution is 2.33. The molecular weight excluding hydrogens is 452 g/mol. The first kappa shape index (κ1) is 25.1. The summed E-state index contributed by atoms with van der Waals surface area (Å²) in [6, 6.07) is 6.74. The third-order valence-electron chi connectivity index (χ3n) is 7.95. The van der Waals surface area contributed by atoms with Gasteiger partial charge in [0.2, 0.25) is 0 Å². The Kier molecular flexibility index (Phi) is 7.82. The van der Waals surface area contributed by atoms with Gasteiger partial charge in [-0.15, -0.1) is 5.10 Å². The SMILES string of the molecule is CCC[C@H](c1nnnn1C1CCCCC1)N(Cc1cc2cc(C)cc(C)c2[nH]c1=O)C[C@@H]1CCCO1. The number of rotatable bonds is 9. The molecule has 2 atom stereocenters. The zero-order valence-electron chi connectivity index (χ0n) is 22.0. The van der Waals surface area contributed by atoms with Crippen LogP contribution in [-0.2, 0) is 11.3 Å². The van der Waals surface area contributed by atoms with E-state index in [4.69, 9.17) is 4.74 Å². The van der Waals surface area contributed by atoms with Crippen LogP contribution >= 0.6 is 0 Å². The van der Waals surface area contributed by atoms with Crippen molar-refractivity contribution in [2.75, 3.05) is 13.2 Å². The van der Waals surface area contributed by atoms with E-state index in [1.165, 1.54) is 24.8 Å². The lowest BCUT2D eigenvalue weighted by Crippen LogP contribution is -2.38. The Bertz CT molecular complexity index is 1220. The quantitative estimate of drug-likeness (QED) is 0.444. The van der Waals surface area contributed by atoms with Crippen LogP contribution in [0.25, 0.3) is 10.9 Å². The molecular formula is C28H40N6O2. The first-order valence-electron chi connectivity index (χ1n) is 13.8. The molecule has 3 heterocycles. The first-order valence-corrected chi connectivity index (χ1v) is 13.8. The number of nitrogens with one attached hydrogen (secondary N) is 1. The molecule has 8 heteroatoms. The summed E-state index contributed by atoms with van der Waals surface area (Å²) in [6.07, 6.45) is 10.3. The number of hydrogen-bond acceptors (Lipinski definition) is 6. The molecule has 194 valence electrons. The highest BCUT2D eigenvalue weighted by molar-refractivity contribution is 5.82. The molecule has 0 spiro atoms. The van der Waals surface area contributed by atoms with Crippen molar-refractivity contribution in [3.05, 3.63) is 51.1 Å². The van der Waals surface area contributed by atoms with E-state index in [-0.39, 0.29) is 17.7 Å². The van der Waals surface area contributed by atoms with Gasteiger partial charge in [-0.25, -0.2) is 4.68 Å². The van der Waals surface area contributed by atoms with Crippen molar-refractivity contribution in [1.82, 2.24) is 30.1 Å². The molecule has 36 heavy (non-hydrogen) atoms. The molecule has 1 saturated carbocycles. The van der Waals surface area contributed by atoms with Gasteiger partial charge in [0.1, 0.15) is 0 Å². The average molecular weight is 493 g/mol. The Morgan fingerprint density at radius 1 is 1.14 bits per heavy atom. The van der Waals surface area contributed by atoms with Crippen molar-refractivity contribution in [2.24, 2.45) is 0 Å². The van der Waals surface area contributed by atoms with Crippen molar-refractivity contribution in [1.29, 1.82) is 0 Å². The monoisotopic (exact) mass is 492 g/mol.